The van der Waals surface area contributed by atoms with Crippen LogP contribution in [0.2, 0.25) is 0 Å². The number of Topliss-reactive ketones (excluding diaryl/α,β-unsaturated/α-hetero) is 1. The van der Waals surface area contributed by atoms with E-state index in [4.69, 9.17) is 4.74 Å². The number of aryl methyl sites for hydroxylation is 1. The van der Waals surface area contributed by atoms with E-state index in [0.717, 1.165) is 0 Å². The summed E-state index contributed by atoms with van der Waals surface area (Å²) in [5.41, 5.74) is 0.725. The third-order valence-electron chi connectivity index (χ3n) is 6.04. The van der Waals surface area contributed by atoms with Crippen LogP contribution >= 0.6 is 0 Å². The van der Waals surface area contributed by atoms with Gasteiger partial charge in [0.2, 0.25) is 5.91 Å². The monoisotopic (exact) mass is 486 g/mol. The van der Waals surface area contributed by atoms with Gasteiger partial charge in [0.25, 0.3) is 0 Å². The molecule has 0 bridgehead atoms. The SMILES string of the molecule is Cc1ccc(NC(=O)C2CCC(C(=O)Cc3ccc(NC(=O)OC(C)(C)C)c(F)c3)CC2)cc1F. The second-order valence-electron chi connectivity index (χ2n) is 10.1. The Balaban J connectivity index is 1.49. The van der Waals surface area contributed by atoms with Gasteiger partial charge in [0.1, 0.15) is 23.0 Å². The van der Waals surface area contributed by atoms with E-state index < -0.39 is 17.5 Å². The minimum atomic E-state index is -0.756. The Kier molecular flexibility index (Phi) is 8.25. The number of anilines is 2. The van der Waals surface area contributed by atoms with Crippen LogP contribution < -0.4 is 10.6 Å². The third kappa shape index (κ3) is 7.60. The lowest BCUT2D eigenvalue weighted by molar-refractivity contribution is -0.126. The van der Waals surface area contributed by atoms with Gasteiger partial charge in [0.15, 0.2) is 0 Å². The normalized spacial score (nSPS) is 18.0. The molecule has 3 rings (SSSR count). The van der Waals surface area contributed by atoms with E-state index in [-0.39, 0.29) is 41.5 Å². The molecule has 188 valence electrons. The second kappa shape index (κ2) is 11.0. The highest BCUT2D eigenvalue weighted by Gasteiger charge is 2.30. The Labute approximate surface area is 204 Å². The summed E-state index contributed by atoms with van der Waals surface area (Å²) in [4.78, 5) is 37.2. The van der Waals surface area contributed by atoms with Crippen molar-refractivity contribution in [3.8, 4) is 0 Å². The first kappa shape index (κ1) is 26.3. The van der Waals surface area contributed by atoms with Crippen molar-refractivity contribution in [1.82, 2.24) is 0 Å². The second-order valence-corrected chi connectivity index (χ2v) is 10.1. The predicted molar refractivity (Wildman–Crippen MR) is 130 cm³/mol. The number of rotatable bonds is 6. The standard InChI is InChI=1S/C27H32F2N2O4/c1-16-5-11-20(15-21(16)28)30-25(33)19-9-7-18(8-10-19)24(32)14-17-6-12-23(22(29)13-17)31-26(34)35-27(2,3)4/h5-6,11-13,15,18-19H,7-10,14H2,1-4H3,(H,30,33)(H,31,34). The van der Waals surface area contributed by atoms with Gasteiger partial charge in [-0.05, 0) is 88.8 Å². The van der Waals surface area contributed by atoms with Crippen LogP contribution in [0.3, 0.4) is 0 Å². The van der Waals surface area contributed by atoms with Crippen molar-refractivity contribution in [3.05, 3.63) is 59.2 Å². The third-order valence-corrected chi connectivity index (χ3v) is 6.04. The smallest absolute Gasteiger partial charge is 0.412 e. The van der Waals surface area contributed by atoms with E-state index in [2.05, 4.69) is 10.6 Å². The van der Waals surface area contributed by atoms with Crippen LogP contribution in [0.1, 0.15) is 57.6 Å². The Hall–Kier alpha value is -3.29. The molecule has 8 heteroatoms. The van der Waals surface area contributed by atoms with Crippen molar-refractivity contribution < 1.29 is 27.9 Å². The van der Waals surface area contributed by atoms with Crippen molar-refractivity contribution in [1.29, 1.82) is 0 Å². The Bertz CT molecular complexity index is 1100. The van der Waals surface area contributed by atoms with E-state index in [9.17, 15) is 23.2 Å². The summed E-state index contributed by atoms with van der Waals surface area (Å²) in [7, 11) is 0. The van der Waals surface area contributed by atoms with Gasteiger partial charge < -0.3 is 10.1 Å². The number of benzene rings is 2. The van der Waals surface area contributed by atoms with Gasteiger partial charge in [-0.15, -0.1) is 0 Å². The number of amides is 2. The number of hydrogen-bond acceptors (Lipinski definition) is 4. The van der Waals surface area contributed by atoms with Gasteiger partial charge in [-0.1, -0.05) is 12.1 Å². The summed E-state index contributed by atoms with van der Waals surface area (Å²) in [6.45, 7) is 6.79. The predicted octanol–water partition coefficient (Wildman–Crippen LogP) is 6.18. The zero-order valence-electron chi connectivity index (χ0n) is 20.5. The highest BCUT2D eigenvalue weighted by molar-refractivity contribution is 5.93. The van der Waals surface area contributed by atoms with Crippen molar-refractivity contribution in [3.63, 3.8) is 0 Å². The summed E-state index contributed by atoms with van der Waals surface area (Å²) in [5.74, 6) is -1.63. The van der Waals surface area contributed by atoms with E-state index in [1.807, 2.05) is 0 Å². The number of halogens is 2. The van der Waals surface area contributed by atoms with Gasteiger partial charge in [0, 0.05) is 23.9 Å². The first-order valence-electron chi connectivity index (χ1n) is 11.8. The van der Waals surface area contributed by atoms with Crippen LogP contribution in [0.25, 0.3) is 0 Å². The molecule has 2 amide bonds. The maximum Gasteiger partial charge on any atom is 0.412 e. The number of nitrogens with one attached hydrogen (secondary N) is 2. The average Bonchev–Trinajstić information content (AvgIpc) is 2.77. The van der Waals surface area contributed by atoms with Crippen LogP contribution in [0.15, 0.2) is 36.4 Å². The fraction of sp³-hybridized carbons (Fsp3) is 0.444. The summed E-state index contributed by atoms with van der Waals surface area (Å²) >= 11 is 0. The number of hydrogen-bond donors (Lipinski definition) is 2. The Morgan fingerprint density at radius 2 is 1.57 bits per heavy atom. The molecule has 35 heavy (non-hydrogen) atoms. The Morgan fingerprint density at radius 1 is 0.914 bits per heavy atom. The topological polar surface area (TPSA) is 84.5 Å². The fourth-order valence-electron chi connectivity index (χ4n) is 4.12. The molecule has 0 heterocycles. The van der Waals surface area contributed by atoms with Crippen LogP contribution in [0.4, 0.5) is 25.0 Å². The molecule has 0 spiro atoms. The van der Waals surface area contributed by atoms with Crippen molar-refractivity contribution in [2.75, 3.05) is 10.6 Å². The molecule has 2 aromatic rings. The highest BCUT2D eigenvalue weighted by Crippen LogP contribution is 2.31. The summed E-state index contributed by atoms with van der Waals surface area (Å²) in [6, 6.07) is 8.84. The molecule has 1 saturated carbocycles. The summed E-state index contributed by atoms with van der Waals surface area (Å²) in [5, 5.41) is 5.13. The van der Waals surface area contributed by atoms with Gasteiger partial charge >= 0.3 is 6.09 Å². The molecule has 0 atom stereocenters. The van der Waals surface area contributed by atoms with Crippen LogP contribution in [0, 0.1) is 30.4 Å². The number of carbonyl (C=O) groups is 3. The Morgan fingerprint density at radius 3 is 2.17 bits per heavy atom. The lowest BCUT2D eigenvalue weighted by Crippen LogP contribution is -2.30. The summed E-state index contributed by atoms with van der Waals surface area (Å²) < 4.78 is 33.3. The fourth-order valence-corrected chi connectivity index (χ4v) is 4.12. The molecular formula is C27H32F2N2O4. The number of ketones is 1. The largest absolute Gasteiger partial charge is 0.444 e. The van der Waals surface area contributed by atoms with Crippen molar-refractivity contribution in [2.24, 2.45) is 11.8 Å². The van der Waals surface area contributed by atoms with Crippen molar-refractivity contribution >= 4 is 29.2 Å². The lowest BCUT2D eigenvalue weighted by Gasteiger charge is -2.27. The quantitative estimate of drug-likeness (QED) is 0.511. The first-order valence-corrected chi connectivity index (χ1v) is 11.8. The molecule has 1 fully saturated rings. The maximum atomic E-state index is 14.5. The molecule has 2 N–H and O–H groups in total. The van der Waals surface area contributed by atoms with E-state index in [0.29, 0.717) is 42.5 Å². The van der Waals surface area contributed by atoms with Crippen LogP contribution in [-0.4, -0.2) is 23.4 Å². The van der Waals surface area contributed by atoms with Gasteiger partial charge in [-0.2, -0.15) is 0 Å². The van der Waals surface area contributed by atoms with E-state index in [1.54, 1.807) is 45.9 Å². The molecule has 0 aliphatic heterocycles. The molecular weight excluding hydrogens is 454 g/mol. The molecule has 6 nitrogen and oxygen atoms in total. The molecule has 0 saturated heterocycles. The van der Waals surface area contributed by atoms with E-state index >= 15 is 0 Å². The number of ether oxygens (including phenoxy) is 1. The summed E-state index contributed by atoms with van der Waals surface area (Å²) in [6.07, 6.45) is 1.58. The van der Waals surface area contributed by atoms with Crippen LogP contribution in [-0.2, 0) is 20.7 Å². The van der Waals surface area contributed by atoms with Gasteiger partial charge in [-0.3, -0.25) is 14.9 Å². The zero-order chi connectivity index (χ0) is 25.8. The maximum absolute atomic E-state index is 14.5. The van der Waals surface area contributed by atoms with E-state index in [1.165, 1.54) is 18.2 Å². The number of carbonyl (C=O) groups excluding carboxylic acids is 3. The molecule has 0 radical (unpaired) electrons. The van der Waals surface area contributed by atoms with Crippen molar-refractivity contribution in [2.45, 2.75) is 65.4 Å². The average molecular weight is 487 g/mol. The first-order chi connectivity index (χ1) is 16.4. The lowest BCUT2D eigenvalue weighted by atomic mass is 9.78. The zero-order valence-corrected chi connectivity index (χ0v) is 20.5. The molecule has 0 unspecified atom stereocenters. The molecule has 0 aromatic heterocycles. The molecule has 2 aromatic carbocycles. The molecule has 1 aliphatic carbocycles. The minimum absolute atomic E-state index is 0.00304. The van der Waals surface area contributed by atoms with Gasteiger partial charge in [-0.25, -0.2) is 13.6 Å². The minimum Gasteiger partial charge on any atom is -0.444 e. The molecule has 1 aliphatic rings. The van der Waals surface area contributed by atoms with Crippen LogP contribution in [0.5, 0.6) is 0 Å². The van der Waals surface area contributed by atoms with Gasteiger partial charge in [0.05, 0.1) is 5.69 Å². The highest BCUT2D eigenvalue weighted by atomic mass is 19.1.